The Morgan fingerprint density at radius 3 is 2.28 bits per heavy atom. The summed E-state index contributed by atoms with van der Waals surface area (Å²) in [5, 5.41) is 3.93. The molecule has 1 aromatic rings. The van der Waals surface area contributed by atoms with Crippen LogP contribution in [-0.4, -0.2) is 77.5 Å². The minimum atomic E-state index is 0.162. The minimum absolute atomic E-state index is 0.162. The lowest BCUT2D eigenvalue weighted by Crippen LogP contribution is -2.51. The van der Waals surface area contributed by atoms with E-state index < -0.39 is 0 Å². The average molecular weight is 350 g/mol. The first kappa shape index (κ1) is 19.4. The minimum Gasteiger partial charge on any atom is -0.361 e. The van der Waals surface area contributed by atoms with Crippen molar-refractivity contribution in [3.63, 3.8) is 0 Å². The van der Waals surface area contributed by atoms with E-state index in [1.165, 1.54) is 0 Å². The number of carbonyl (C=O) groups excluding carboxylic acids is 2. The number of nitrogens with zero attached hydrogens (tertiary/aromatic N) is 4. The van der Waals surface area contributed by atoms with Gasteiger partial charge in [0.2, 0.25) is 11.8 Å². The maximum Gasteiger partial charge on any atom is 0.236 e. The fraction of sp³-hybridized carbons (Fsp3) is 0.722. The van der Waals surface area contributed by atoms with Gasteiger partial charge >= 0.3 is 0 Å². The summed E-state index contributed by atoms with van der Waals surface area (Å²) in [4.78, 5) is 30.5. The Balaban J connectivity index is 1.76. The molecular weight excluding hydrogens is 320 g/mol. The molecule has 0 unspecified atom stereocenters. The number of aryl methyl sites for hydroxylation is 2. The van der Waals surface area contributed by atoms with Gasteiger partial charge in [0.15, 0.2) is 0 Å². The molecule has 7 heteroatoms. The van der Waals surface area contributed by atoms with E-state index >= 15 is 0 Å². The van der Waals surface area contributed by atoms with Crippen LogP contribution in [0.1, 0.15) is 37.3 Å². The number of rotatable bonds is 7. The molecule has 7 nitrogen and oxygen atoms in total. The zero-order valence-electron chi connectivity index (χ0n) is 15.9. The predicted octanol–water partition coefficient (Wildman–Crippen LogP) is 1.24. The van der Waals surface area contributed by atoms with Crippen molar-refractivity contribution in [1.29, 1.82) is 0 Å². The van der Waals surface area contributed by atoms with Gasteiger partial charge in [-0.2, -0.15) is 0 Å². The molecule has 1 aliphatic heterocycles. The highest BCUT2D eigenvalue weighted by molar-refractivity contribution is 5.78. The molecule has 2 heterocycles. The van der Waals surface area contributed by atoms with E-state index in [4.69, 9.17) is 4.52 Å². The van der Waals surface area contributed by atoms with E-state index in [2.05, 4.69) is 10.1 Å². The summed E-state index contributed by atoms with van der Waals surface area (Å²) < 4.78 is 5.14. The van der Waals surface area contributed by atoms with Crippen LogP contribution in [-0.2, 0) is 16.0 Å². The number of piperazine rings is 1. The normalized spacial score (nSPS) is 15.4. The third kappa shape index (κ3) is 5.04. The molecular formula is C18H30N4O3. The van der Waals surface area contributed by atoms with Gasteiger partial charge in [-0.25, -0.2) is 0 Å². The monoisotopic (exact) mass is 350 g/mol. The summed E-state index contributed by atoms with van der Waals surface area (Å²) in [7, 11) is 0. The van der Waals surface area contributed by atoms with Crippen LogP contribution in [0.5, 0.6) is 0 Å². The third-order valence-corrected chi connectivity index (χ3v) is 4.97. The second kappa shape index (κ2) is 8.99. The van der Waals surface area contributed by atoms with Crippen molar-refractivity contribution in [2.75, 3.05) is 45.8 Å². The number of carbonyl (C=O) groups is 2. The summed E-state index contributed by atoms with van der Waals surface area (Å²) in [6.45, 7) is 12.6. The molecule has 0 radical (unpaired) electrons. The first-order chi connectivity index (χ1) is 12.0. The number of aromatic nitrogens is 1. The summed E-state index contributed by atoms with van der Waals surface area (Å²) >= 11 is 0. The molecule has 0 aliphatic carbocycles. The van der Waals surface area contributed by atoms with Gasteiger partial charge < -0.3 is 14.3 Å². The van der Waals surface area contributed by atoms with E-state index in [0.717, 1.165) is 43.2 Å². The summed E-state index contributed by atoms with van der Waals surface area (Å²) in [5.41, 5.74) is 1.90. The Hall–Kier alpha value is -1.89. The lowest BCUT2D eigenvalue weighted by molar-refractivity contribution is -0.135. The van der Waals surface area contributed by atoms with Gasteiger partial charge in [0, 0.05) is 51.3 Å². The quantitative estimate of drug-likeness (QED) is 0.740. The Bertz CT molecular complexity index is 568. The summed E-state index contributed by atoms with van der Waals surface area (Å²) in [5.74, 6) is 1.13. The van der Waals surface area contributed by atoms with Crippen LogP contribution in [0.3, 0.4) is 0 Å². The van der Waals surface area contributed by atoms with Crippen LogP contribution >= 0.6 is 0 Å². The topological polar surface area (TPSA) is 69.9 Å². The Labute approximate surface area is 149 Å². The van der Waals surface area contributed by atoms with Gasteiger partial charge in [0.05, 0.1) is 12.2 Å². The zero-order chi connectivity index (χ0) is 18.4. The number of amides is 2. The van der Waals surface area contributed by atoms with Gasteiger partial charge in [-0.05, 0) is 34.1 Å². The van der Waals surface area contributed by atoms with Crippen LogP contribution in [0.25, 0.3) is 0 Å². The van der Waals surface area contributed by atoms with Crippen LogP contribution in [0, 0.1) is 13.8 Å². The molecule has 0 aromatic carbocycles. The maximum atomic E-state index is 12.4. The molecule has 1 saturated heterocycles. The van der Waals surface area contributed by atoms with Crippen molar-refractivity contribution in [1.82, 2.24) is 19.9 Å². The molecule has 1 aliphatic rings. The molecule has 0 bridgehead atoms. The third-order valence-electron chi connectivity index (χ3n) is 4.97. The SMILES string of the molecule is CCN(CC)C(=O)CN1CCN(C(=O)CCc2c(C)noc2C)CC1. The number of hydrogen-bond acceptors (Lipinski definition) is 5. The highest BCUT2D eigenvalue weighted by Gasteiger charge is 2.23. The van der Waals surface area contributed by atoms with E-state index in [-0.39, 0.29) is 11.8 Å². The fourth-order valence-corrected chi connectivity index (χ4v) is 3.27. The second-order valence-electron chi connectivity index (χ2n) is 6.53. The van der Waals surface area contributed by atoms with Crippen molar-refractivity contribution >= 4 is 11.8 Å². The largest absolute Gasteiger partial charge is 0.361 e. The zero-order valence-corrected chi connectivity index (χ0v) is 15.9. The van der Waals surface area contributed by atoms with E-state index in [0.29, 0.717) is 32.5 Å². The smallest absolute Gasteiger partial charge is 0.236 e. The Kier molecular flexibility index (Phi) is 6.99. The van der Waals surface area contributed by atoms with Gasteiger partial charge in [-0.3, -0.25) is 14.5 Å². The Morgan fingerprint density at radius 1 is 1.12 bits per heavy atom. The van der Waals surface area contributed by atoms with Crippen LogP contribution in [0.15, 0.2) is 4.52 Å². The van der Waals surface area contributed by atoms with Crippen molar-refractivity contribution in [2.24, 2.45) is 0 Å². The van der Waals surface area contributed by atoms with Gasteiger partial charge in [-0.15, -0.1) is 0 Å². The van der Waals surface area contributed by atoms with Gasteiger partial charge in [0.1, 0.15) is 5.76 Å². The first-order valence-corrected chi connectivity index (χ1v) is 9.15. The molecule has 1 aromatic heterocycles. The molecule has 0 saturated carbocycles. The highest BCUT2D eigenvalue weighted by atomic mass is 16.5. The van der Waals surface area contributed by atoms with E-state index in [1.807, 2.05) is 37.5 Å². The van der Waals surface area contributed by atoms with Crippen molar-refractivity contribution < 1.29 is 14.1 Å². The van der Waals surface area contributed by atoms with Gasteiger partial charge in [0.25, 0.3) is 0 Å². The molecule has 2 rings (SSSR count). The predicted molar refractivity (Wildman–Crippen MR) is 95.2 cm³/mol. The fourth-order valence-electron chi connectivity index (χ4n) is 3.27. The lowest BCUT2D eigenvalue weighted by Gasteiger charge is -2.35. The molecule has 0 atom stereocenters. The summed E-state index contributed by atoms with van der Waals surface area (Å²) in [6.07, 6.45) is 1.14. The molecule has 2 amide bonds. The van der Waals surface area contributed by atoms with Crippen LogP contribution in [0.4, 0.5) is 0 Å². The molecule has 0 N–H and O–H groups in total. The lowest BCUT2D eigenvalue weighted by atomic mass is 10.1. The summed E-state index contributed by atoms with van der Waals surface area (Å²) in [6, 6.07) is 0. The Morgan fingerprint density at radius 2 is 1.76 bits per heavy atom. The van der Waals surface area contributed by atoms with E-state index in [9.17, 15) is 9.59 Å². The number of likely N-dealkylation sites (N-methyl/N-ethyl adjacent to an activating group) is 1. The first-order valence-electron chi connectivity index (χ1n) is 9.15. The van der Waals surface area contributed by atoms with Crippen molar-refractivity contribution in [3.05, 3.63) is 17.0 Å². The van der Waals surface area contributed by atoms with Crippen LogP contribution < -0.4 is 0 Å². The van der Waals surface area contributed by atoms with Crippen molar-refractivity contribution in [2.45, 2.75) is 40.5 Å². The second-order valence-corrected chi connectivity index (χ2v) is 6.53. The highest BCUT2D eigenvalue weighted by Crippen LogP contribution is 2.15. The van der Waals surface area contributed by atoms with Crippen molar-refractivity contribution in [3.8, 4) is 0 Å². The molecule has 1 fully saturated rings. The average Bonchev–Trinajstić information content (AvgIpc) is 2.92. The molecule has 25 heavy (non-hydrogen) atoms. The van der Waals surface area contributed by atoms with E-state index in [1.54, 1.807) is 0 Å². The maximum absolute atomic E-state index is 12.4. The molecule has 0 spiro atoms. The standard InChI is InChI=1S/C18H30N4O3/c1-5-21(6-2)18(24)13-20-9-11-22(12-10-20)17(23)8-7-16-14(3)19-25-15(16)4/h5-13H2,1-4H3. The van der Waals surface area contributed by atoms with Gasteiger partial charge in [-0.1, -0.05) is 5.16 Å². The van der Waals surface area contributed by atoms with Crippen LogP contribution in [0.2, 0.25) is 0 Å². The number of hydrogen-bond donors (Lipinski definition) is 0. The molecule has 140 valence electrons.